The minimum Gasteiger partial charge on any atom is -0.472 e. The number of nitrogens with zero attached hydrogens (tertiary/aromatic N) is 3. The molecular weight excluding hydrogens is 280 g/mol. The third-order valence-electron chi connectivity index (χ3n) is 2.86. The van der Waals surface area contributed by atoms with Crippen LogP contribution in [0.3, 0.4) is 0 Å². The Balaban J connectivity index is 2.28. The Morgan fingerprint density at radius 1 is 1.50 bits per heavy atom. The summed E-state index contributed by atoms with van der Waals surface area (Å²) in [6.07, 6.45) is 0. The van der Waals surface area contributed by atoms with E-state index in [1.165, 1.54) is 0 Å². The minimum absolute atomic E-state index is 0.0373. The van der Waals surface area contributed by atoms with Crippen LogP contribution in [0.4, 0.5) is 0 Å². The smallest absolute Gasteiger partial charge is 0.223 e. The lowest BCUT2D eigenvalue weighted by Gasteiger charge is -2.09. The van der Waals surface area contributed by atoms with E-state index in [0.29, 0.717) is 22.2 Å². The van der Waals surface area contributed by atoms with Gasteiger partial charge in [-0.25, -0.2) is 4.68 Å². The van der Waals surface area contributed by atoms with Crippen LogP contribution in [0.5, 0.6) is 5.88 Å². The maximum absolute atomic E-state index is 8.82. The summed E-state index contributed by atoms with van der Waals surface area (Å²) in [5.74, 6) is 0.391. The summed E-state index contributed by atoms with van der Waals surface area (Å²) < 4.78 is 7.26. The van der Waals surface area contributed by atoms with Crippen molar-refractivity contribution in [3.8, 4) is 5.88 Å². The molecule has 6 nitrogen and oxygen atoms in total. The Labute approximate surface area is 121 Å². The van der Waals surface area contributed by atoms with Crippen LogP contribution in [0, 0.1) is 6.92 Å². The van der Waals surface area contributed by atoms with Crippen molar-refractivity contribution in [2.24, 2.45) is 17.9 Å². The number of rotatable bonds is 4. The Morgan fingerprint density at radius 3 is 2.85 bits per heavy atom. The number of oxime groups is 1. The molecule has 7 heteroatoms. The van der Waals surface area contributed by atoms with E-state index < -0.39 is 0 Å². The van der Waals surface area contributed by atoms with E-state index in [1.807, 2.05) is 18.2 Å². The van der Waals surface area contributed by atoms with E-state index in [4.69, 9.17) is 27.3 Å². The highest BCUT2D eigenvalue weighted by atomic mass is 35.5. The van der Waals surface area contributed by atoms with Gasteiger partial charge in [0.25, 0.3) is 0 Å². The molecule has 0 aliphatic rings. The van der Waals surface area contributed by atoms with Gasteiger partial charge < -0.3 is 15.7 Å². The Morgan fingerprint density at radius 2 is 2.20 bits per heavy atom. The van der Waals surface area contributed by atoms with E-state index in [-0.39, 0.29) is 12.4 Å². The number of ether oxygens (including phenoxy) is 1. The third kappa shape index (κ3) is 2.70. The van der Waals surface area contributed by atoms with Crippen LogP contribution in [-0.2, 0) is 13.7 Å². The van der Waals surface area contributed by atoms with Gasteiger partial charge in [-0.3, -0.25) is 0 Å². The van der Waals surface area contributed by atoms with E-state index in [2.05, 4.69) is 10.3 Å². The molecule has 2 rings (SSSR count). The molecule has 0 bridgehead atoms. The van der Waals surface area contributed by atoms with Gasteiger partial charge in [0.1, 0.15) is 12.2 Å². The molecule has 0 saturated heterocycles. The zero-order valence-electron chi connectivity index (χ0n) is 11.2. The van der Waals surface area contributed by atoms with Crippen molar-refractivity contribution in [3.63, 3.8) is 0 Å². The second-order valence-electron chi connectivity index (χ2n) is 4.25. The van der Waals surface area contributed by atoms with Crippen molar-refractivity contribution in [1.82, 2.24) is 9.78 Å². The number of benzene rings is 1. The molecule has 0 aliphatic carbocycles. The summed E-state index contributed by atoms with van der Waals surface area (Å²) in [6, 6.07) is 7.39. The Hall–Kier alpha value is -2.21. The number of halogens is 1. The first-order valence-corrected chi connectivity index (χ1v) is 6.30. The SMILES string of the molecule is Cc1nn(C)c(OCc2ccccc2Cl)c1C(N)=NO. The average molecular weight is 295 g/mol. The summed E-state index contributed by atoms with van der Waals surface area (Å²) in [5, 5.41) is 16.6. The molecule has 3 N–H and O–H groups in total. The van der Waals surface area contributed by atoms with Crippen molar-refractivity contribution < 1.29 is 9.94 Å². The molecule has 106 valence electrons. The van der Waals surface area contributed by atoms with Gasteiger partial charge in [-0.1, -0.05) is 35.0 Å². The second kappa shape index (κ2) is 5.83. The number of hydrogen-bond acceptors (Lipinski definition) is 4. The number of hydrogen-bond donors (Lipinski definition) is 2. The zero-order valence-corrected chi connectivity index (χ0v) is 11.9. The van der Waals surface area contributed by atoms with E-state index >= 15 is 0 Å². The molecule has 1 aromatic carbocycles. The highest BCUT2D eigenvalue weighted by Gasteiger charge is 2.19. The van der Waals surface area contributed by atoms with Crippen molar-refractivity contribution in [2.45, 2.75) is 13.5 Å². The van der Waals surface area contributed by atoms with Crippen LogP contribution in [0.1, 0.15) is 16.8 Å². The summed E-state index contributed by atoms with van der Waals surface area (Å²) in [7, 11) is 1.73. The molecule has 1 aromatic heterocycles. The molecule has 0 saturated carbocycles. The number of amidine groups is 1. The molecule has 20 heavy (non-hydrogen) atoms. The van der Waals surface area contributed by atoms with E-state index in [0.717, 1.165) is 5.56 Å². The first-order chi connectivity index (χ1) is 9.54. The van der Waals surface area contributed by atoms with Crippen LogP contribution < -0.4 is 10.5 Å². The average Bonchev–Trinajstić information content (AvgIpc) is 2.71. The molecule has 0 fully saturated rings. The first-order valence-electron chi connectivity index (χ1n) is 5.92. The normalized spacial score (nSPS) is 11.7. The van der Waals surface area contributed by atoms with Gasteiger partial charge >= 0.3 is 0 Å². The highest BCUT2D eigenvalue weighted by molar-refractivity contribution is 6.31. The van der Waals surface area contributed by atoms with Gasteiger partial charge in [0.05, 0.1) is 5.69 Å². The molecule has 0 amide bonds. The minimum atomic E-state index is -0.0373. The predicted molar refractivity (Wildman–Crippen MR) is 76.2 cm³/mol. The standard InChI is InChI=1S/C13H15ClN4O2/c1-8-11(12(15)17-19)13(18(2)16-8)20-7-9-5-3-4-6-10(9)14/h3-6,19H,7H2,1-2H3,(H2,15,17). The van der Waals surface area contributed by atoms with Crippen molar-refractivity contribution in [3.05, 3.63) is 46.1 Å². The second-order valence-corrected chi connectivity index (χ2v) is 4.66. The van der Waals surface area contributed by atoms with Crippen molar-refractivity contribution in [2.75, 3.05) is 0 Å². The van der Waals surface area contributed by atoms with Crippen molar-refractivity contribution >= 4 is 17.4 Å². The molecular formula is C13H15ClN4O2. The van der Waals surface area contributed by atoms with Crippen LogP contribution in [0.25, 0.3) is 0 Å². The molecule has 0 aliphatic heterocycles. The lowest BCUT2D eigenvalue weighted by molar-refractivity contribution is 0.277. The van der Waals surface area contributed by atoms with E-state index in [9.17, 15) is 0 Å². The van der Waals surface area contributed by atoms with Gasteiger partial charge in [-0.2, -0.15) is 5.10 Å². The van der Waals surface area contributed by atoms with Gasteiger partial charge in [0.15, 0.2) is 5.84 Å². The van der Waals surface area contributed by atoms with Gasteiger partial charge in [0, 0.05) is 17.6 Å². The number of aryl methyl sites for hydroxylation is 2. The fraction of sp³-hybridized carbons (Fsp3) is 0.231. The van der Waals surface area contributed by atoms with Crippen LogP contribution in [0.15, 0.2) is 29.4 Å². The quantitative estimate of drug-likeness (QED) is 0.391. The summed E-state index contributed by atoms with van der Waals surface area (Å²) in [4.78, 5) is 0. The van der Waals surface area contributed by atoms with E-state index in [1.54, 1.807) is 24.7 Å². The van der Waals surface area contributed by atoms with Gasteiger partial charge in [-0.05, 0) is 13.0 Å². The molecule has 1 heterocycles. The topological polar surface area (TPSA) is 85.7 Å². The highest BCUT2D eigenvalue weighted by Crippen LogP contribution is 2.23. The first kappa shape index (κ1) is 14.2. The molecule has 0 radical (unpaired) electrons. The maximum atomic E-state index is 8.82. The summed E-state index contributed by atoms with van der Waals surface area (Å²) >= 11 is 6.07. The van der Waals surface area contributed by atoms with Crippen LogP contribution in [-0.4, -0.2) is 20.8 Å². The molecule has 0 unspecified atom stereocenters. The maximum Gasteiger partial charge on any atom is 0.223 e. The molecule has 2 aromatic rings. The Bertz CT molecular complexity index is 652. The summed E-state index contributed by atoms with van der Waals surface area (Å²) in [6.45, 7) is 2.03. The largest absolute Gasteiger partial charge is 0.472 e. The lowest BCUT2D eigenvalue weighted by atomic mass is 10.2. The molecule has 0 atom stereocenters. The van der Waals surface area contributed by atoms with Crippen LogP contribution >= 0.6 is 11.6 Å². The Kier molecular flexibility index (Phi) is 4.14. The fourth-order valence-electron chi connectivity index (χ4n) is 1.91. The van der Waals surface area contributed by atoms with Gasteiger partial charge in [-0.15, -0.1) is 0 Å². The molecule has 0 spiro atoms. The summed E-state index contributed by atoms with van der Waals surface area (Å²) in [5.41, 5.74) is 7.59. The van der Waals surface area contributed by atoms with Crippen LogP contribution in [0.2, 0.25) is 5.02 Å². The lowest BCUT2D eigenvalue weighted by Crippen LogP contribution is -2.15. The van der Waals surface area contributed by atoms with Gasteiger partial charge in [0.2, 0.25) is 5.88 Å². The monoisotopic (exact) mass is 294 g/mol. The number of nitrogens with two attached hydrogens (primary N) is 1. The predicted octanol–water partition coefficient (Wildman–Crippen LogP) is 2.06. The fourth-order valence-corrected chi connectivity index (χ4v) is 2.10. The third-order valence-corrected chi connectivity index (χ3v) is 3.22. The van der Waals surface area contributed by atoms with Crippen molar-refractivity contribution in [1.29, 1.82) is 0 Å². The number of aromatic nitrogens is 2. The zero-order chi connectivity index (χ0) is 14.7.